The molecule has 4 N–H and O–H groups in total. The van der Waals surface area contributed by atoms with E-state index in [9.17, 15) is 10.2 Å². The van der Waals surface area contributed by atoms with Crippen molar-refractivity contribution in [2.75, 3.05) is 7.05 Å². The molecule has 0 aliphatic rings. The van der Waals surface area contributed by atoms with Crippen molar-refractivity contribution in [2.24, 2.45) is 5.73 Å². The fourth-order valence-electron chi connectivity index (χ4n) is 2.33. The third-order valence-corrected chi connectivity index (χ3v) is 4.41. The van der Waals surface area contributed by atoms with Crippen LogP contribution in [0.2, 0.25) is 0 Å². The molecule has 4 heteroatoms. The maximum atomic E-state index is 9.91. The van der Waals surface area contributed by atoms with Crippen molar-refractivity contribution >= 4 is 0 Å². The first-order valence-electron chi connectivity index (χ1n) is 7.54. The van der Waals surface area contributed by atoms with Gasteiger partial charge in [0.2, 0.25) is 0 Å². The molecule has 0 aromatic heterocycles. The second-order valence-corrected chi connectivity index (χ2v) is 8.35. The molecule has 0 spiro atoms. The van der Waals surface area contributed by atoms with Gasteiger partial charge in [0.1, 0.15) is 5.72 Å². The van der Waals surface area contributed by atoms with Gasteiger partial charge in [-0.2, -0.15) is 0 Å². The minimum absolute atomic E-state index is 0.0239. The molecule has 122 valence electrons. The van der Waals surface area contributed by atoms with Crippen molar-refractivity contribution < 1.29 is 10.2 Å². The van der Waals surface area contributed by atoms with Crippen LogP contribution in [0.15, 0.2) is 0 Å². The Morgan fingerprint density at radius 3 is 1.40 bits per heavy atom. The Morgan fingerprint density at radius 2 is 1.10 bits per heavy atom. The van der Waals surface area contributed by atoms with Crippen LogP contribution in [0.3, 0.4) is 0 Å². The summed E-state index contributed by atoms with van der Waals surface area (Å²) in [5, 5.41) is 19.6. The van der Waals surface area contributed by atoms with E-state index < -0.39 is 11.3 Å². The Labute approximate surface area is 125 Å². The summed E-state index contributed by atoms with van der Waals surface area (Å²) in [7, 11) is 2.11. The predicted molar refractivity (Wildman–Crippen MR) is 85.5 cm³/mol. The maximum absolute atomic E-state index is 9.91. The van der Waals surface area contributed by atoms with E-state index in [0.29, 0.717) is 6.42 Å². The van der Waals surface area contributed by atoms with Crippen LogP contribution in [-0.2, 0) is 0 Å². The zero-order chi connectivity index (χ0) is 16.4. The average Bonchev–Trinajstić information content (AvgIpc) is 2.21. The number of nitrogens with zero attached hydrogens (tertiary/aromatic N) is 1. The molecule has 0 saturated carbocycles. The predicted octanol–water partition coefficient (Wildman–Crippen LogP) is 2.47. The molecule has 0 aliphatic heterocycles. The summed E-state index contributed by atoms with van der Waals surface area (Å²) >= 11 is 0. The molecule has 0 amide bonds. The lowest BCUT2D eigenvalue weighted by Gasteiger charge is -2.48. The fourth-order valence-corrected chi connectivity index (χ4v) is 2.33. The Morgan fingerprint density at radius 1 is 0.750 bits per heavy atom. The molecule has 0 heterocycles. The van der Waals surface area contributed by atoms with Crippen molar-refractivity contribution in [3.63, 3.8) is 0 Å². The third-order valence-electron chi connectivity index (χ3n) is 4.41. The third kappa shape index (κ3) is 7.58. The first-order valence-corrected chi connectivity index (χ1v) is 7.54. The SMILES string of the molecule is CN(C(C)(C)CCC(C)(C)O)C(C)(C)CCC(C)(N)O. The number of hydrogen-bond donors (Lipinski definition) is 3. The van der Waals surface area contributed by atoms with Crippen LogP contribution < -0.4 is 5.73 Å². The van der Waals surface area contributed by atoms with Crippen LogP contribution in [0.4, 0.5) is 0 Å². The van der Waals surface area contributed by atoms with Crippen LogP contribution in [0, 0.1) is 0 Å². The van der Waals surface area contributed by atoms with Gasteiger partial charge in [0.15, 0.2) is 0 Å². The first-order chi connectivity index (χ1) is 8.57. The van der Waals surface area contributed by atoms with Crippen LogP contribution in [-0.4, -0.2) is 44.6 Å². The minimum atomic E-state index is -1.12. The van der Waals surface area contributed by atoms with Crippen LogP contribution >= 0.6 is 0 Å². The summed E-state index contributed by atoms with van der Waals surface area (Å²) in [4.78, 5) is 2.33. The van der Waals surface area contributed by atoms with Gasteiger partial charge in [0.25, 0.3) is 0 Å². The van der Waals surface area contributed by atoms with Gasteiger partial charge >= 0.3 is 0 Å². The highest BCUT2D eigenvalue weighted by atomic mass is 16.3. The van der Waals surface area contributed by atoms with Crippen LogP contribution in [0.5, 0.6) is 0 Å². The largest absolute Gasteiger partial charge is 0.390 e. The molecule has 20 heavy (non-hydrogen) atoms. The summed E-state index contributed by atoms with van der Waals surface area (Å²) in [6, 6.07) is 0. The number of aliphatic hydroxyl groups is 2. The molecule has 0 bridgehead atoms. The fraction of sp³-hybridized carbons (Fsp3) is 1.00. The highest BCUT2D eigenvalue weighted by Gasteiger charge is 2.36. The monoisotopic (exact) mass is 288 g/mol. The smallest absolute Gasteiger partial charge is 0.110 e. The highest BCUT2D eigenvalue weighted by molar-refractivity contribution is 4.92. The van der Waals surface area contributed by atoms with Crippen LogP contribution in [0.1, 0.15) is 74.1 Å². The van der Waals surface area contributed by atoms with Gasteiger partial charge in [0, 0.05) is 11.1 Å². The molecule has 1 unspecified atom stereocenters. The van der Waals surface area contributed by atoms with Gasteiger partial charge in [-0.05, 0) is 81.2 Å². The van der Waals surface area contributed by atoms with E-state index in [-0.39, 0.29) is 11.1 Å². The number of hydrogen-bond acceptors (Lipinski definition) is 4. The van der Waals surface area contributed by atoms with E-state index in [4.69, 9.17) is 5.73 Å². The van der Waals surface area contributed by atoms with E-state index >= 15 is 0 Å². The Balaban J connectivity index is 4.70. The Hall–Kier alpha value is -0.160. The summed E-state index contributed by atoms with van der Waals surface area (Å²) < 4.78 is 0. The van der Waals surface area contributed by atoms with Gasteiger partial charge in [-0.25, -0.2) is 0 Å². The van der Waals surface area contributed by atoms with Crippen molar-refractivity contribution in [1.82, 2.24) is 4.90 Å². The molecular weight excluding hydrogens is 252 g/mol. The van der Waals surface area contributed by atoms with E-state index in [1.807, 2.05) is 13.8 Å². The summed E-state index contributed by atoms with van der Waals surface area (Å²) in [5.74, 6) is 0. The lowest BCUT2D eigenvalue weighted by Crippen LogP contribution is -2.54. The summed E-state index contributed by atoms with van der Waals surface area (Å²) in [5.41, 5.74) is 3.83. The van der Waals surface area contributed by atoms with Crippen molar-refractivity contribution in [3.8, 4) is 0 Å². The zero-order valence-corrected chi connectivity index (χ0v) is 14.7. The second-order valence-electron chi connectivity index (χ2n) is 8.35. The molecule has 0 aromatic rings. The summed E-state index contributed by atoms with van der Waals surface area (Å²) in [6.45, 7) is 14.1. The molecule has 0 aliphatic carbocycles. The number of nitrogens with two attached hydrogens (primary N) is 1. The van der Waals surface area contributed by atoms with E-state index in [2.05, 4.69) is 39.6 Å². The normalized spacial score (nSPS) is 17.4. The molecule has 1 atom stereocenters. The van der Waals surface area contributed by atoms with Crippen molar-refractivity contribution in [2.45, 2.75) is 96.6 Å². The second kappa shape index (κ2) is 6.30. The van der Waals surface area contributed by atoms with Gasteiger partial charge in [-0.1, -0.05) is 0 Å². The molecule has 0 saturated heterocycles. The van der Waals surface area contributed by atoms with E-state index in [1.165, 1.54) is 0 Å². The topological polar surface area (TPSA) is 69.7 Å². The van der Waals surface area contributed by atoms with Gasteiger partial charge in [-0.15, -0.1) is 0 Å². The van der Waals surface area contributed by atoms with Gasteiger partial charge in [-0.3, -0.25) is 4.90 Å². The summed E-state index contributed by atoms with van der Waals surface area (Å²) in [6.07, 6.45) is 3.05. The average molecular weight is 288 g/mol. The maximum Gasteiger partial charge on any atom is 0.110 e. The molecule has 0 rings (SSSR count). The standard InChI is InChI=1S/C16H36N2O2/c1-13(2,9-11-15(5,6)19)18(8)14(3,4)10-12-16(7,17)20/h19-20H,9-12,17H2,1-8H3. The zero-order valence-electron chi connectivity index (χ0n) is 14.7. The quantitative estimate of drug-likeness (QED) is 0.600. The van der Waals surface area contributed by atoms with E-state index in [0.717, 1.165) is 19.3 Å². The Kier molecular flexibility index (Phi) is 6.25. The molecule has 0 aromatic carbocycles. The highest BCUT2D eigenvalue weighted by Crippen LogP contribution is 2.32. The van der Waals surface area contributed by atoms with Gasteiger partial charge < -0.3 is 15.9 Å². The van der Waals surface area contributed by atoms with Crippen LogP contribution in [0.25, 0.3) is 0 Å². The molecule has 4 nitrogen and oxygen atoms in total. The molecule has 0 radical (unpaired) electrons. The molecule has 0 fully saturated rings. The van der Waals surface area contributed by atoms with Gasteiger partial charge in [0.05, 0.1) is 5.60 Å². The molecular formula is C16H36N2O2. The van der Waals surface area contributed by atoms with E-state index in [1.54, 1.807) is 6.92 Å². The minimum Gasteiger partial charge on any atom is -0.390 e. The first kappa shape index (κ1) is 19.8. The Bertz CT molecular complexity index is 269. The number of rotatable bonds is 8. The van der Waals surface area contributed by atoms with Crippen molar-refractivity contribution in [1.29, 1.82) is 0 Å². The lowest BCUT2D eigenvalue weighted by molar-refractivity contribution is -0.0119. The lowest BCUT2D eigenvalue weighted by atomic mass is 9.84. The van der Waals surface area contributed by atoms with Crippen molar-refractivity contribution in [3.05, 3.63) is 0 Å².